The lowest BCUT2D eigenvalue weighted by Gasteiger charge is -2.30. The van der Waals surface area contributed by atoms with E-state index >= 15 is 0 Å². The molecule has 0 spiro atoms. The van der Waals surface area contributed by atoms with Gasteiger partial charge in [0, 0.05) is 56.5 Å². The van der Waals surface area contributed by atoms with Gasteiger partial charge in [-0.25, -0.2) is 37.5 Å². The summed E-state index contributed by atoms with van der Waals surface area (Å²) in [4.78, 5) is 43.1. The maximum Gasteiger partial charge on any atom is 0.247 e. The maximum absolute atomic E-state index is 14.6. The molecule has 2 amide bonds. The summed E-state index contributed by atoms with van der Waals surface area (Å²) >= 11 is 0. The van der Waals surface area contributed by atoms with Crippen LogP contribution in [0.15, 0.2) is 80.6 Å². The summed E-state index contributed by atoms with van der Waals surface area (Å²) in [5, 5.41) is 16.2. The van der Waals surface area contributed by atoms with Crippen LogP contribution in [0.1, 0.15) is 55.0 Å². The van der Waals surface area contributed by atoms with Crippen molar-refractivity contribution in [1.82, 2.24) is 29.7 Å². The number of nitrogens with zero attached hydrogens (tertiary/aromatic N) is 7. The number of aryl methyl sites for hydroxylation is 1. The number of nitrogens with one attached hydrogen (secondary N) is 4. The van der Waals surface area contributed by atoms with E-state index in [-0.39, 0.29) is 58.2 Å². The van der Waals surface area contributed by atoms with Gasteiger partial charge >= 0.3 is 0 Å². The van der Waals surface area contributed by atoms with Crippen LogP contribution in [-0.2, 0) is 25.7 Å². The molecule has 2 fully saturated rings. The lowest BCUT2D eigenvalue weighted by atomic mass is 10.1. The highest BCUT2D eigenvalue weighted by Crippen LogP contribution is 2.36. The number of amides is 2. The van der Waals surface area contributed by atoms with Crippen molar-refractivity contribution in [2.45, 2.75) is 46.3 Å². The number of ether oxygens (including phenoxy) is 7. The Morgan fingerprint density at radius 3 is 1.77 bits per heavy atom. The molecule has 78 heavy (non-hydrogen) atoms. The van der Waals surface area contributed by atoms with E-state index in [1.807, 2.05) is 32.9 Å². The summed E-state index contributed by atoms with van der Waals surface area (Å²) in [6, 6.07) is 6.22. The van der Waals surface area contributed by atoms with Gasteiger partial charge in [-0.15, -0.1) is 0 Å². The topological polar surface area (TPSA) is 219 Å². The molecule has 3 aromatic carbocycles. The van der Waals surface area contributed by atoms with Crippen molar-refractivity contribution in [1.29, 1.82) is 0 Å². The minimum Gasteiger partial charge on any atom is -0.494 e. The molecule has 5 heterocycles. The lowest BCUT2D eigenvalue weighted by molar-refractivity contribution is -0.112. The largest absolute Gasteiger partial charge is 0.494 e. The van der Waals surface area contributed by atoms with Gasteiger partial charge in [0.25, 0.3) is 0 Å². The minimum absolute atomic E-state index is 0.122. The van der Waals surface area contributed by atoms with E-state index in [0.717, 1.165) is 55.4 Å². The number of rotatable bonds is 17. The molecule has 2 saturated heterocycles. The average Bonchev–Trinajstić information content (AvgIpc) is 3.88. The number of benzene rings is 3. The molecule has 20 nitrogen and oxygen atoms in total. The van der Waals surface area contributed by atoms with Crippen LogP contribution in [0, 0.1) is 42.0 Å². The van der Waals surface area contributed by atoms with E-state index in [1.165, 1.54) is 59.3 Å². The molecule has 6 aromatic rings. The fourth-order valence-corrected chi connectivity index (χ4v) is 7.60. The summed E-state index contributed by atoms with van der Waals surface area (Å²) in [6.07, 6.45) is 11.1. The predicted molar refractivity (Wildman–Crippen MR) is 284 cm³/mol. The van der Waals surface area contributed by atoms with Crippen LogP contribution < -0.4 is 49.9 Å². The zero-order chi connectivity index (χ0) is 56.3. The molecule has 2 aliphatic rings. The molecule has 8 rings (SSSR count). The van der Waals surface area contributed by atoms with Crippen LogP contribution in [0.2, 0.25) is 0 Å². The van der Waals surface area contributed by atoms with Crippen LogP contribution in [0.25, 0.3) is 0 Å². The molecule has 3 aromatic heterocycles. The fraction of sp³-hybridized carbons (Fsp3) is 0.315. The first-order chi connectivity index (χ1) is 37.8. The van der Waals surface area contributed by atoms with Gasteiger partial charge in [0.05, 0.1) is 88.8 Å². The highest BCUT2D eigenvalue weighted by Gasteiger charge is 2.24. The van der Waals surface area contributed by atoms with E-state index in [2.05, 4.69) is 76.2 Å². The Bertz CT molecular complexity index is 3070. The van der Waals surface area contributed by atoms with E-state index < -0.39 is 41.3 Å². The smallest absolute Gasteiger partial charge is 0.247 e. The van der Waals surface area contributed by atoms with Crippen LogP contribution in [0.4, 0.5) is 58.0 Å². The van der Waals surface area contributed by atoms with E-state index in [1.54, 1.807) is 10.9 Å². The van der Waals surface area contributed by atoms with Gasteiger partial charge in [0.2, 0.25) is 23.7 Å². The van der Waals surface area contributed by atoms with Crippen LogP contribution in [0.3, 0.4) is 0 Å². The Balaban J connectivity index is 0.000000245. The summed E-state index contributed by atoms with van der Waals surface area (Å²) in [5.74, 6) is 0.875. The van der Waals surface area contributed by atoms with Gasteiger partial charge in [-0.3, -0.25) is 14.3 Å². The molecular weight excluding hydrogens is 1020 g/mol. The molecule has 0 bridgehead atoms. The van der Waals surface area contributed by atoms with Gasteiger partial charge in [-0.2, -0.15) is 5.10 Å². The summed E-state index contributed by atoms with van der Waals surface area (Å²) in [7, 11) is 5.05. The van der Waals surface area contributed by atoms with Crippen molar-refractivity contribution in [3.63, 3.8) is 0 Å². The monoisotopic (exact) mass is 1080 g/mol. The van der Waals surface area contributed by atoms with Crippen molar-refractivity contribution in [2.24, 2.45) is 0 Å². The number of methoxy groups -OCH3 is 4. The van der Waals surface area contributed by atoms with Crippen LogP contribution in [-0.4, -0.2) is 109 Å². The Hall–Kier alpha value is -8.95. The molecule has 0 unspecified atom stereocenters. The molecular formula is C54H59F4N11O9. The number of carbonyl (C=O) groups is 2. The third-order valence-corrected chi connectivity index (χ3v) is 11.6. The Morgan fingerprint density at radius 2 is 1.22 bits per heavy atom. The zero-order valence-electron chi connectivity index (χ0n) is 44.0. The zero-order valence-corrected chi connectivity index (χ0v) is 44.0. The molecule has 4 N–H and O–H groups in total. The first kappa shape index (κ1) is 58.3. The quantitative estimate of drug-likeness (QED) is 0.0380. The van der Waals surface area contributed by atoms with Crippen molar-refractivity contribution in [2.75, 3.05) is 94.1 Å². The molecule has 2 aliphatic heterocycles. The number of aromatic nitrogens is 6. The SMILES string of the molecule is C=CC(=O)Nc1cc(N2CCOCC2)cc(C)c1Nc1ncc(C#Cc2c(F)c(OC)cc(OC)c2F)cn1.C=CC(=O)Nc1cn(C2CCOCC2)nc1Nc1ncc(OCc2c(F)c(OC)cc(OC)c2F)cn1.CC. The molecule has 24 heteroatoms. The van der Waals surface area contributed by atoms with Crippen molar-refractivity contribution >= 4 is 52.3 Å². The first-order valence-corrected chi connectivity index (χ1v) is 24.3. The minimum atomic E-state index is -0.937. The number of halogens is 4. The van der Waals surface area contributed by atoms with Crippen LogP contribution in [0.5, 0.6) is 28.7 Å². The van der Waals surface area contributed by atoms with E-state index in [0.29, 0.717) is 54.9 Å². The van der Waals surface area contributed by atoms with Gasteiger partial charge < -0.3 is 59.3 Å². The normalized spacial score (nSPS) is 12.9. The van der Waals surface area contributed by atoms with Gasteiger partial charge in [0.1, 0.15) is 17.9 Å². The van der Waals surface area contributed by atoms with Gasteiger partial charge in [0.15, 0.2) is 57.8 Å². The molecule has 0 aliphatic carbocycles. The van der Waals surface area contributed by atoms with Crippen molar-refractivity contribution in [3.8, 4) is 40.6 Å². The highest BCUT2D eigenvalue weighted by atomic mass is 19.1. The van der Waals surface area contributed by atoms with Gasteiger partial charge in [-0.05, 0) is 49.6 Å². The summed E-state index contributed by atoms with van der Waals surface area (Å²) < 4.78 is 96.1. The number of hydrogen-bond donors (Lipinski definition) is 4. The standard InChI is InChI=1S/C28H27F2N5O4.C24H26F2N6O5.C2H6/c1-5-24(36)33-21-13-19(35-8-10-39-11-9-35)12-17(2)27(21)34-28-31-15-18(16-32-28)6-7-20-25(29)22(37-3)14-23(38-4)26(20)30;1-4-20(33)29-17-12-32(14-5-7-36-8-6-14)31-23(17)30-24-27-10-15(11-28-24)37-13-16-21(25)18(34-2)9-19(35-3)22(16)26;1-2/h5,12-16H,1,8-11H2,2-4H3,(H,33,36)(H,31,32,34);4,9-12,14H,1,5-8,13H2,2-3H3,(H,29,33)(H,27,28,30,31);1-2H3. The first-order valence-electron chi connectivity index (χ1n) is 24.3. The Morgan fingerprint density at radius 1 is 0.705 bits per heavy atom. The Labute approximate surface area is 448 Å². The third-order valence-electron chi connectivity index (χ3n) is 11.6. The average molecular weight is 1080 g/mol. The molecule has 412 valence electrons. The lowest BCUT2D eigenvalue weighted by Crippen LogP contribution is -2.36. The number of anilines is 7. The van der Waals surface area contributed by atoms with Crippen molar-refractivity contribution in [3.05, 3.63) is 126 Å². The number of morpholine rings is 1. The van der Waals surface area contributed by atoms with E-state index in [4.69, 9.17) is 33.2 Å². The molecule has 0 saturated carbocycles. The Kier molecular flexibility index (Phi) is 21.1. The molecule has 0 atom stereocenters. The number of carbonyl (C=O) groups excluding carboxylic acids is 2. The highest BCUT2D eigenvalue weighted by molar-refractivity contribution is 6.02. The van der Waals surface area contributed by atoms with Crippen molar-refractivity contribution < 1.29 is 60.3 Å². The summed E-state index contributed by atoms with van der Waals surface area (Å²) in [5.41, 5.74) is 2.83. The van der Waals surface area contributed by atoms with Crippen LogP contribution >= 0.6 is 0 Å². The fourth-order valence-electron chi connectivity index (χ4n) is 7.60. The molecule has 0 radical (unpaired) electrons. The van der Waals surface area contributed by atoms with E-state index in [9.17, 15) is 27.2 Å². The summed E-state index contributed by atoms with van der Waals surface area (Å²) in [6.45, 7) is 16.4. The third kappa shape index (κ3) is 14.7. The second-order valence-corrected chi connectivity index (χ2v) is 16.4. The second kappa shape index (κ2) is 28.3. The number of hydrogen-bond acceptors (Lipinski definition) is 17. The second-order valence-electron chi connectivity index (χ2n) is 16.4. The predicted octanol–water partition coefficient (Wildman–Crippen LogP) is 8.98. The van der Waals surface area contributed by atoms with Gasteiger partial charge in [-0.1, -0.05) is 38.8 Å². The maximum atomic E-state index is 14.6.